The standard InChI is InChI=1S/C21H17Cl2NO4S/c1-3-28-21(26)13-11-16(12-7-5-4-6-8-12)29-20(13)24-19(25)17-14(22)9-10-15(23)18(17)27-2/h4-11H,3H2,1-2H3,(H,24,25). The maximum Gasteiger partial charge on any atom is 0.341 e. The van der Waals surface area contributed by atoms with Crippen LogP contribution in [0.2, 0.25) is 10.0 Å². The van der Waals surface area contributed by atoms with E-state index in [-0.39, 0.29) is 33.5 Å². The number of hydrogen-bond acceptors (Lipinski definition) is 5. The minimum atomic E-state index is -0.540. The summed E-state index contributed by atoms with van der Waals surface area (Å²) in [5, 5.41) is 3.54. The number of rotatable bonds is 6. The molecule has 0 aliphatic rings. The summed E-state index contributed by atoms with van der Waals surface area (Å²) in [6.07, 6.45) is 0. The predicted octanol–water partition coefficient (Wildman–Crippen LogP) is 6.16. The SMILES string of the molecule is CCOC(=O)c1cc(-c2ccccc2)sc1NC(=O)c1c(Cl)ccc(Cl)c1OC. The van der Waals surface area contributed by atoms with Gasteiger partial charge in [0.1, 0.15) is 10.6 Å². The lowest BCUT2D eigenvalue weighted by molar-refractivity contribution is 0.0528. The van der Waals surface area contributed by atoms with E-state index in [1.807, 2.05) is 30.3 Å². The van der Waals surface area contributed by atoms with Crippen molar-refractivity contribution in [3.8, 4) is 16.2 Å². The Morgan fingerprint density at radius 1 is 1.07 bits per heavy atom. The van der Waals surface area contributed by atoms with Gasteiger partial charge in [0.25, 0.3) is 5.91 Å². The number of benzene rings is 2. The van der Waals surface area contributed by atoms with Crippen molar-refractivity contribution >= 4 is 51.4 Å². The van der Waals surface area contributed by atoms with E-state index in [0.29, 0.717) is 5.00 Å². The van der Waals surface area contributed by atoms with Crippen LogP contribution in [-0.4, -0.2) is 25.6 Å². The highest BCUT2D eigenvalue weighted by molar-refractivity contribution is 7.20. The van der Waals surface area contributed by atoms with Gasteiger partial charge in [0.2, 0.25) is 0 Å². The molecule has 2 aromatic carbocycles. The minimum Gasteiger partial charge on any atom is -0.494 e. The monoisotopic (exact) mass is 449 g/mol. The number of hydrogen-bond donors (Lipinski definition) is 1. The second kappa shape index (κ2) is 9.31. The summed E-state index contributed by atoms with van der Waals surface area (Å²) in [6, 6.07) is 14.3. The Morgan fingerprint density at radius 2 is 1.76 bits per heavy atom. The lowest BCUT2D eigenvalue weighted by atomic mass is 10.1. The summed E-state index contributed by atoms with van der Waals surface area (Å²) in [5.41, 5.74) is 1.27. The first-order valence-corrected chi connectivity index (χ1v) is 10.2. The Hall–Kier alpha value is -2.54. The number of nitrogens with one attached hydrogen (secondary N) is 1. The van der Waals surface area contributed by atoms with E-state index in [2.05, 4.69) is 5.32 Å². The first-order chi connectivity index (χ1) is 14.0. The number of amides is 1. The highest BCUT2D eigenvalue weighted by Gasteiger charge is 2.24. The van der Waals surface area contributed by atoms with Crippen molar-refractivity contribution in [3.05, 3.63) is 69.7 Å². The van der Waals surface area contributed by atoms with Gasteiger partial charge in [0, 0.05) is 4.88 Å². The first-order valence-electron chi connectivity index (χ1n) is 8.66. The molecule has 1 aromatic heterocycles. The van der Waals surface area contributed by atoms with Crippen molar-refractivity contribution < 1.29 is 19.1 Å². The van der Waals surface area contributed by atoms with E-state index in [0.717, 1.165) is 10.4 Å². The number of esters is 1. The van der Waals surface area contributed by atoms with Gasteiger partial charge in [-0.05, 0) is 30.7 Å². The molecule has 0 bridgehead atoms. The number of methoxy groups -OCH3 is 1. The molecule has 0 saturated carbocycles. The fourth-order valence-corrected chi connectivity index (χ4v) is 4.21. The van der Waals surface area contributed by atoms with Crippen LogP contribution in [-0.2, 0) is 4.74 Å². The molecule has 3 rings (SSSR count). The second-order valence-electron chi connectivity index (χ2n) is 5.83. The van der Waals surface area contributed by atoms with Gasteiger partial charge in [-0.3, -0.25) is 4.79 Å². The van der Waals surface area contributed by atoms with Crippen molar-refractivity contribution in [2.75, 3.05) is 19.0 Å². The maximum atomic E-state index is 13.0. The normalized spacial score (nSPS) is 10.5. The molecule has 1 heterocycles. The predicted molar refractivity (Wildman–Crippen MR) is 117 cm³/mol. The second-order valence-corrected chi connectivity index (χ2v) is 7.70. The van der Waals surface area contributed by atoms with Crippen LogP contribution in [0.15, 0.2) is 48.5 Å². The van der Waals surface area contributed by atoms with Gasteiger partial charge >= 0.3 is 5.97 Å². The quantitative estimate of drug-likeness (QED) is 0.457. The number of halogens is 2. The number of ether oxygens (including phenoxy) is 2. The zero-order chi connectivity index (χ0) is 21.0. The van der Waals surface area contributed by atoms with Crippen molar-refractivity contribution in [2.45, 2.75) is 6.92 Å². The molecule has 0 aliphatic heterocycles. The van der Waals surface area contributed by atoms with Crippen molar-refractivity contribution in [2.24, 2.45) is 0 Å². The van der Waals surface area contributed by atoms with Crippen molar-refractivity contribution in [1.82, 2.24) is 0 Å². The van der Waals surface area contributed by atoms with Gasteiger partial charge in [0.05, 0.1) is 29.3 Å². The molecule has 0 spiro atoms. The van der Waals surface area contributed by atoms with E-state index in [9.17, 15) is 9.59 Å². The smallest absolute Gasteiger partial charge is 0.341 e. The average Bonchev–Trinajstić information content (AvgIpc) is 3.14. The third-order valence-electron chi connectivity index (χ3n) is 4.00. The summed E-state index contributed by atoms with van der Waals surface area (Å²) < 4.78 is 10.4. The van der Waals surface area contributed by atoms with E-state index in [1.54, 1.807) is 19.1 Å². The molecule has 0 unspecified atom stereocenters. The van der Waals surface area contributed by atoms with Crippen LogP contribution < -0.4 is 10.1 Å². The van der Waals surface area contributed by atoms with Gasteiger partial charge in [-0.2, -0.15) is 0 Å². The average molecular weight is 450 g/mol. The number of carbonyl (C=O) groups is 2. The molecule has 8 heteroatoms. The zero-order valence-electron chi connectivity index (χ0n) is 15.6. The zero-order valence-corrected chi connectivity index (χ0v) is 18.0. The minimum absolute atomic E-state index is 0.0890. The molecule has 0 radical (unpaired) electrons. The molecule has 1 N–H and O–H groups in total. The summed E-state index contributed by atoms with van der Waals surface area (Å²) in [4.78, 5) is 26.2. The third-order valence-corrected chi connectivity index (χ3v) is 5.71. The maximum absolute atomic E-state index is 13.0. The van der Waals surface area contributed by atoms with Crippen LogP contribution in [0.3, 0.4) is 0 Å². The Balaban J connectivity index is 2.02. The molecule has 1 amide bonds. The molecule has 29 heavy (non-hydrogen) atoms. The highest BCUT2D eigenvalue weighted by atomic mass is 35.5. The van der Waals surface area contributed by atoms with E-state index in [4.69, 9.17) is 32.7 Å². The topological polar surface area (TPSA) is 64.6 Å². The van der Waals surface area contributed by atoms with Gasteiger partial charge in [-0.25, -0.2) is 4.79 Å². The van der Waals surface area contributed by atoms with Gasteiger partial charge < -0.3 is 14.8 Å². The third kappa shape index (κ3) is 4.56. The fraction of sp³-hybridized carbons (Fsp3) is 0.143. The molecule has 0 saturated heterocycles. The Labute approximate surface area is 182 Å². The first kappa shape index (κ1) is 21.2. The summed E-state index contributed by atoms with van der Waals surface area (Å²) >= 11 is 13.6. The van der Waals surface area contributed by atoms with Crippen LogP contribution in [0.5, 0.6) is 5.75 Å². The van der Waals surface area contributed by atoms with Crippen LogP contribution in [0.25, 0.3) is 10.4 Å². The number of anilines is 1. The van der Waals surface area contributed by atoms with Crippen LogP contribution in [0, 0.1) is 0 Å². The lowest BCUT2D eigenvalue weighted by Crippen LogP contribution is -2.16. The number of carbonyl (C=O) groups excluding carboxylic acids is 2. The van der Waals surface area contributed by atoms with Gasteiger partial charge in [0.15, 0.2) is 5.75 Å². The molecule has 0 fully saturated rings. The van der Waals surface area contributed by atoms with Crippen LogP contribution >= 0.6 is 34.5 Å². The van der Waals surface area contributed by atoms with Gasteiger partial charge in [-0.15, -0.1) is 11.3 Å². The Morgan fingerprint density at radius 3 is 2.41 bits per heavy atom. The van der Waals surface area contributed by atoms with E-state index in [1.165, 1.54) is 24.5 Å². The molecule has 150 valence electrons. The van der Waals surface area contributed by atoms with Crippen molar-refractivity contribution in [3.63, 3.8) is 0 Å². The van der Waals surface area contributed by atoms with E-state index >= 15 is 0 Å². The number of thiophene rings is 1. The summed E-state index contributed by atoms with van der Waals surface area (Å²) in [6.45, 7) is 1.94. The molecule has 3 aromatic rings. The van der Waals surface area contributed by atoms with E-state index < -0.39 is 11.9 Å². The van der Waals surface area contributed by atoms with Crippen molar-refractivity contribution in [1.29, 1.82) is 0 Å². The molecular formula is C21H17Cl2NO4S. The molecule has 5 nitrogen and oxygen atoms in total. The highest BCUT2D eigenvalue weighted by Crippen LogP contribution is 2.38. The van der Waals surface area contributed by atoms with Gasteiger partial charge in [-0.1, -0.05) is 53.5 Å². The molecular weight excluding hydrogens is 433 g/mol. The summed E-state index contributed by atoms with van der Waals surface area (Å²) in [7, 11) is 1.40. The largest absolute Gasteiger partial charge is 0.494 e. The Bertz CT molecular complexity index is 1050. The summed E-state index contributed by atoms with van der Waals surface area (Å²) in [5.74, 6) is -0.902. The lowest BCUT2D eigenvalue weighted by Gasteiger charge is -2.12. The Kier molecular flexibility index (Phi) is 6.79. The molecule has 0 atom stereocenters. The molecule has 0 aliphatic carbocycles. The fourth-order valence-electron chi connectivity index (χ4n) is 2.70. The van der Waals surface area contributed by atoms with Crippen LogP contribution in [0.1, 0.15) is 27.6 Å². The van der Waals surface area contributed by atoms with Crippen LogP contribution in [0.4, 0.5) is 5.00 Å².